The van der Waals surface area contributed by atoms with Crippen LogP contribution in [-0.2, 0) is 9.47 Å². The largest absolute Gasteiger partial charge is 0.394 e. The van der Waals surface area contributed by atoms with Crippen molar-refractivity contribution in [3.05, 3.63) is 23.8 Å². The minimum atomic E-state index is -1.65. The molecule has 9 nitrogen and oxygen atoms in total. The number of nitriles is 1. The molecule has 9 heteroatoms. The van der Waals surface area contributed by atoms with Crippen LogP contribution in [0.3, 0.4) is 0 Å². The van der Waals surface area contributed by atoms with E-state index in [9.17, 15) is 25.5 Å². The molecule has 0 radical (unpaired) electrons. The third-order valence-electron chi connectivity index (χ3n) is 3.83. The Balaban J connectivity index is 2.20. The molecule has 0 unspecified atom stereocenters. The molecule has 23 heavy (non-hydrogen) atoms. The van der Waals surface area contributed by atoms with Gasteiger partial charge in [0.2, 0.25) is 0 Å². The fourth-order valence-electron chi connectivity index (χ4n) is 2.48. The van der Waals surface area contributed by atoms with Gasteiger partial charge in [-0.25, -0.2) is 0 Å². The summed E-state index contributed by atoms with van der Waals surface area (Å²) in [7, 11) is 0. The molecule has 2 rings (SSSR count). The van der Waals surface area contributed by atoms with Crippen LogP contribution in [0, 0.1) is 11.3 Å². The van der Waals surface area contributed by atoms with E-state index in [1.165, 1.54) is 12.2 Å². The van der Waals surface area contributed by atoms with E-state index in [0.29, 0.717) is 0 Å². The standard InChI is InChI=1S/C14H19NO8/c15-4-3-6-1-2-7(17)9(18)13(6)23-14-12(21)11(20)10(19)8(5-16)22-14/h1-3,7-14,16-21H,5H2/t7-,8-,9+,10-,11+,12-,13+,14-/m1/s1. The lowest BCUT2D eigenvalue weighted by Gasteiger charge is -2.42. The molecule has 0 aromatic carbocycles. The highest BCUT2D eigenvalue weighted by Gasteiger charge is 2.46. The van der Waals surface area contributed by atoms with Crippen LogP contribution in [0.4, 0.5) is 0 Å². The first kappa shape index (κ1) is 18.0. The van der Waals surface area contributed by atoms with Crippen molar-refractivity contribution in [1.29, 1.82) is 5.26 Å². The number of aliphatic hydroxyl groups excluding tert-OH is 6. The molecule has 0 aromatic rings. The normalized spacial score (nSPS) is 45.9. The van der Waals surface area contributed by atoms with Crippen LogP contribution in [-0.4, -0.2) is 86.3 Å². The van der Waals surface area contributed by atoms with Gasteiger partial charge in [0.15, 0.2) is 6.29 Å². The van der Waals surface area contributed by atoms with Crippen LogP contribution >= 0.6 is 0 Å². The SMILES string of the molecule is N#CC=C1C=C[C@@H](O)[C@H](O)[C@H]1O[C@H]1O[C@H](CO)[C@@H](O)[C@H](O)[C@H]1O. The molecule has 6 N–H and O–H groups in total. The number of hydrogen-bond acceptors (Lipinski definition) is 9. The van der Waals surface area contributed by atoms with Crippen molar-refractivity contribution in [2.24, 2.45) is 0 Å². The Morgan fingerprint density at radius 2 is 1.83 bits per heavy atom. The van der Waals surface area contributed by atoms with E-state index in [0.717, 1.165) is 6.08 Å². The Bertz CT molecular complexity index is 513. The summed E-state index contributed by atoms with van der Waals surface area (Å²) in [5.41, 5.74) is 0.238. The first-order chi connectivity index (χ1) is 10.9. The Labute approximate surface area is 131 Å². The summed E-state index contributed by atoms with van der Waals surface area (Å²) in [6, 6.07) is 1.77. The zero-order valence-corrected chi connectivity index (χ0v) is 12.0. The summed E-state index contributed by atoms with van der Waals surface area (Å²) in [6.45, 7) is -0.624. The monoisotopic (exact) mass is 329 g/mol. The molecule has 1 saturated heterocycles. The second kappa shape index (κ2) is 7.48. The van der Waals surface area contributed by atoms with Gasteiger partial charge in [0, 0.05) is 6.08 Å². The van der Waals surface area contributed by atoms with Gasteiger partial charge in [-0.2, -0.15) is 5.26 Å². The number of nitrogens with zero attached hydrogens (tertiary/aromatic N) is 1. The third-order valence-corrected chi connectivity index (χ3v) is 3.83. The van der Waals surface area contributed by atoms with Gasteiger partial charge < -0.3 is 40.1 Å². The predicted octanol–water partition coefficient (Wildman–Crippen LogP) is -3.09. The maximum absolute atomic E-state index is 10.0. The lowest BCUT2D eigenvalue weighted by molar-refractivity contribution is -0.314. The number of allylic oxidation sites excluding steroid dienone is 1. The molecule has 1 heterocycles. The van der Waals surface area contributed by atoms with E-state index in [4.69, 9.17) is 19.8 Å². The Kier molecular flexibility index (Phi) is 5.85. The van der Waals surface area contributed by atoms with Gasteiger partial charge >= 0.3 is 0 Å². The fourth-order valence-corrected chi connectivity index (χ4v) is 2.48. The maximum Gasteiger partial charge on any atom is 0.187 e. The van der Waals surface area contributed by atoms with Crippen LogP contribution in [0.5, 0.6) is 0 Å². The average Bonchev–Trinajstić information content (AvgIpc) is 2.54. The number of ether oxygens (including phenoxy) is 2. The van der Waals surface area contributed by atoms with Gasteiger partial charge in [-0.3, -0.25) is 0 Å². The van der Waals surface area contributed by atoms with Gasteiger partial charge in [-0.15, -0.1) is 0 Å². The summed E-state index contributed by atoms with van der Waals surface area (Å²) in [5.74, 6) is 0. The minimum Gasteiger partial charge on any atom is -0.394 e. The quantitative estimate of drug-likeness (QED) is 0.294. The van der Waals surface area contributed by atoms with Crippen LogP contribution in [0.2, 0.25) is 0 Å². The molecule has 0 aromatic heterocycles. The van der Waals surface area contributed by atoms with Gasteiger partial charge in [0.25, 0.3) is 0 Å². The van der Waals surface area contributed by atoms with Crippen molar-refractivity contribution in [2.75, 3.05) is 6.61 Å². The van der Waals surface area contributed by atoms with Crippen molar-refractivity contribution < 1.29 is 40.1 Å². The van der Waals surface area contributed by atoms with E-state index < -0.39 is 55.6 Å². The highest BCUT2D eigenvalue weighted by Crippen LogP contribution is 2.28. The van der Waals surface area contributed by atoms with Gasteiger partial charge in [0.1, 0.15) is 42.7 Å². The highest BCUT2D eigenvalue weighted by molar-refractivity contribution is 5.34. The van der Waals surface area contributed by atoms with Crippen molar-refractivity contribution in [1.82, 2.24) is 0 Å². The van der Waals surface area contributed by atoms with Gasteiger partial charge in [0.05, 0.1) is 12.7 Å². The zero-order valence-electron chi connectivity index (χ0n) is 12.0. The first-order valence-corrected chi connectivity index (χ1v) is 7.00. The predicted molar refractivity (Wildman–Crippen MR) is 73.5 cm³/mol. The zero-order chi connectivity index (χ0) is 17.1. The smallest absolute Gasteiger partial charge is 0.187 e. The first-order valence-electron chi connectivity index (χ1n) is 7.00. The molecule has 1 aliphatic heterocycles. The van der Waals surface area contributed by atoms with E-state index in [1.807, 2.05) is 0 Å². The van der Waals surface area contributed by atoms with Crippen LogP contribution in [0.15, 0.2) is 23.8 Å². The highest BCUT2D eigenvalue weighted by atomic mass is 16.7. The van der Waals surface area contributed by atoms with Crippen LogP contribution in [0.25, 0.3) is 0 Å². The Morgan fingerprint density at radius 1 is 1.13 bits per heavy atom. The number of aliphatic hydroxyl groups is 6. The maximum atomic E-state index is 10.0. The van der Waals surface area contributed by atoms with Crippen LogP contribution in [0.1, 0.15) is 0 Å². The molecule has 0 spiro atoms. The van der Waals surface area contributed by atoms with E-state index in [-0.39, 0.29) is 5.57 Å². The lowest BCUT2D eigenvalue weighted by atomic mass is 9.93. The summed E-state index contributed by atoms with van der Waals surface area (Å²) in [6.07, 6.45) is -7.57. The molecule has 0 bridgehead atoms. The van der Waals surface area contributed by atoms with Crippen molar-refractivity contribution in [3.63, 3.8) is 0 Å². The van der Waals surface area contributed by atoms with Gasteiger partial charge in [-0.05, 0) is 5.57 Å². The third kappa shape index (κ3) is 3.60. The van der Waals surface area contributed by atoms with Crippen molar-refractivity contribution in [3.8, 4) is 6.07 Å². The second-order valence-corrected chi connectivity index (χ2v) is 5.37. The second-order valence-electron chi connectivity index (χ2n) is 5.37. The Morgan fingerprint density at radius 3 is 2.43 bits per heavy atom. The molecule has 128 valence electrons. The Hall–Kier alpha value is -1.35. The number of hydrogen-bond donors (Lipinski definition) is 6. The fraction of sp³-hybridized carbons (Fsp3) is 0.643. The van der Waals surface area contributed by atoms with E-state index in [2.05, 4.69) is 0 Å². The summed E-state index contributed by atoms with van der Waals surface area (Å²) in [5, 5.41) is 66.9. The summed E-state index contributed by atoms with van der Waals surface area (Å²) in [4.78, 5) is 0. The molecule has 0 saturated carbocycles. The van der Waals surface area contributed by atoms with Crippen molar-refractivity contribution >= 4 is 0 Å². The van der Waals surface area contributed by atoms with E-state index >= 15 is 0 Å². The summed E-state index contributed by atoms with van der Waals surface area (Å²) < 4.78 is 10.6. The van der Waals surface area contributed by atoms with Crippen molar-refractivity contribution in [2.45, 2.75) is 49.0 Å². The lowest BCUT2D eigenvalue weighted by Crippen LogP contribution is -2.60. The average molecular weight is 329 g/mol. The number of rotatable bonds is 3. The molecular formula is C14H19NO8. The van der Waals surface area contributed by atoms with Gasteiger partial charge in [-0.1, -0.05) is 12.2 Å². The molecule has 1 aliphatic carbocycles. The molecule has 8 atom stereocenters. The molecule has 1 fully saturated rings. The van der Waals surface area contributed by atoms with Crippen LogP contribution < -0.4 is 0 Å². The minimum absolute atomic E-state index is 0.238. The molecule has 0 amide bonds. The molecule has 2 aliphatic rings. The molecular weight excluding hydrogens is 310 g/mol. The topological polar surface area (TPSA) is 164 Å². The summed E-state index contributed by atoms with van der Waals surface area (Å²) >= 11 is 0. The van der Waals surface area contributed by atoms with E-state index in [1.54, 1.807) is 6.07 Å².